The lowest BCUT2D eigenvalue weighted by atomic mass is 10.0. The molecule has 0 fully saturated rings. The van der Waals surface area contributed by atoms with Crippen LogP contribution in [0.2, 0.25) is 0 Å². The molecule has 0 spiro atoms. The first-order valence-corrected chi connectivity index (χ1v) is 10.8. The van der Waals surface area contributed by atoms with Crippen molar-refractivity contribution in [3.05, 3.63) is 114 Å². The molecular formula is C27H28N4O. The molecular weight excluding hydrogens is 396 g/mol. The standard InChI is InChI=1S/C27H28N4O/c1-19-15-20(2)17-24(16-19)30-27(32)26(23-7-5-4-6-8-23)29-21(3)22-9-11-25(12-10-22)31-14-13-28-18-31/h4-18,21,26,29H,1-3H3,(H,30,32)/t21-,26+/m0/s1. The summed E-state index contributed by atoms with van der Waals surface area (Å²) in [6, 6.07) is 23.7. The molecule has 4 aromatic rings. The van der Waals surface area contributed by atoms with Crippen LogP contribution >= 0.6 is 0 Å². The molecule has 0 saturated heterocycles. The molecule has 1 amide bonds. The molecule has 1 heterocycles. The minimum atomic E-state index is -0.486. The molecule has 0 unspecified atom stereocenters. The van der Waals surface area contributed by atoms with Crippen LogP contribution in [0.4, 0.5) is 5.69 Å². The number of aromatic nitrogens is 2. The first-order chi connectivity index (χ1) is 15.5. The number of hydrogen-bond donors (Lipinski definition) is 2. The molecule has 0 aliphatic rings. The van der Waals surface area contributed by atoms with Gasteiger partial charge in [0.25, 0.3) is 0 Å². The second-order valence-corrected chi connectivity index (χ2v) is 8.16. The zero-order valence-corrected chi connectivity index (χ0v) is 18.6. The predicted octanol–water partition coefficient (Wildman–Crippen LogP) is 5.52. The van der Waals surface area contributed by atoms with E-state index in [9.17, 15) is 4.79 Å². The number of aryl methyl sites for hydroxylation is 2. The number of benzene rings is 3. The number of rotatable bonds is 7. The van der Waals surface area contributed by atoms with E-state index in [1.165, 1.54) is 0 Å². The minimum absolute atomic E-state index is 0.0259. The van der Waals surface area contributed by atoms with Crippen molar-refractivity contribution in [1.29, 1.82) is 0 Å². The van der Waals surface area contributed by atoms with E-state index in [4.69, 9.17) is 0 Å². The first-order valence-electron chi connectivity index (χ1n) is 10.8. The predicted molar refractivity (Wildman–Crippen MR) is 129 cm³/mol. The third-order valence-corrected chi connectivity index (χ3v) is 5.50. The number of hydrogen-bond acceptors (Lipinski definition) is 3. The van der Waals surface area contributed by atoms with Crippen LogP contribution < -0.4 is 10.6 Å². The maximum absolute atomic E-state index is 13.3. The van der Waals surface area contributed by atoms with Gasteiger partial charge in [-0.15, -0.1) is 0 Å². The van der Waals surface area contributed by atoms with Crippen molar-refractivity contribution in [3.63, 3.8) is 0 Å². The van der Waals surface area contributed by atoms with E-state index in [1.54, 1.807) is 12.5 Å². The second kappa shape index (κ2) is 9.62. The molecule has 2 N–H and O–H groups in total. The van der Waals surface area contributed by atoms with E-state index in [0.717, 1.165) is 33.6 Å². The number of imidazole rings is 1. The third-order valence-electron chi connectivity index (χ3n) is 5.50. The van der Waals surface area contributed by atoms with Crippen molar-refractivity contribution in [3.8, 4) is 5.69 Å². The Morgan fingerprint density at radius 3 is 2.22 bits per heavy atom. The molecule has 0 bridgehead atoms. The monoisotopic (exact) mass is 424 g/mol. The summed E-state index contributed by atoms with van der Waals surface area (Å²) in [5, 5.41) is 6.62. The van der Waals surface area contributed by atoms with Gasteiger partial charge >= 0.3 is 0 Å². The van der Waals surface area contributed by atoms with Gasteiger partial charge in [-0.05, 0) is 67.3 Å². The molecule has 5 nitrogen and oxygen atoms in total. The van der Waals surface area contributed by atoms with E-state index in [2.05, 4.69) is 52.9 Å². The van der Waals surface area contributed by atoms with Crippen LogP contribution in [0, 0.1) is 13.8 Å². The van der Waals surface area contributed by atoms with Gasteiger partial charge in [-0.3, -0.25) is 10.1 Å². The van der Waals surface area contributed by atoms with Crippen LogP contribution in [0.3, 0.4) is 0 Å². The molecule has 3 aromatic carbocycles. The number of amides is 1. The molecule has 1 aromatic heterocycles. The van der Waals surface area contributed by atoms with Crippen molar-refractivity contribution < 1.29 is 4.79 Å². The Hall–Kier alpha value is -3.70. The van der Waals surface area contributed by atoms with Gasteiger partial charge in [0.2, 0.25) is 5.91 Å². The lowest BCUT2D eigenvalue weighted by molar-refractivity contribution is -0.118. The molecule has 2 atom stereocenters. The molecule has 32 heavy (non-hydrogen) atoms. The minimum Gasteiger partial charge on any atom is -0.324 e. The van der Waals surface area contributed by atoms with Gasteiger partial charge in [-0.1, -0.05) is 48.5 Å². The lowest BCUT2D eigenvalue weighted by Crippen LogP contribution is -2.34. The summed E-state index contributed by atoms with van der Waals surface area (Å²) in [5.41, 5.74) is 6.13. The van der Waals surface area contributed by atoms with Crippen molar-refractivity contribution in [2.45, 2.75) is 32.9 Å². The number of carbonyl (C=O) groups excluding carboxylic acids is 1. The highest BCUT2D eigenvalue weighted by Gasteiger charge is 2.23. The largest absolute Gasteiger partial charge is 0.324 e. The third kappa shape index (κ3) is 5.13. The molecule has 5 heteroatoms. The highest BCUT2D eigenvalue weighted by molar-refractivity contribution is 5.95. The average molecular weight is 425 g/mol. The fourth-order valence-electron chi connectivity index (χ4n) is 3.92. The zero-order chi connectivity index (χ0) is 22.5. The first kappa shape index (κ1) is 21.5. The van der Waals surface area contributed by atoms with E-state index < -0.39 is 6.04 Å². The molecule has 0 radical (unpaired) electrons. The summed E-state index contributed by atoms with van der Waals surface area (Å²) in [5.74, 6) is -0.0805. The Labute approximate surface area is 189 Å². The van der Waals surface area contributed by atoms with Gasteiger partial charge in [0.1, 0.15) is 6.04 Å². The van der Waals surface area contributed by atoms with E-state index in [1.807, 2.05) is 67.1 Å². The second-order valence-electron chi connectivity index (χ2n) is 8.16. The highest BCUT2D eigenvalue weighted by atomic mass is 16.2. The van der Waals surface area contributed by atoms with Gasteiger partial charge in [-0.2, -0.15) is 0 Å². The molecule has 0 aliphatic heterocycles. The Kier molecular flexibility index (Phi) is 6.47. The van der Waals surface area contributed by atoms with Gasteiger partial charge in [0.15, 0.2) is 0 Å². The molecule has 4 rings (SSSR count). The number of anilines is 1. The average Bonchev–Trinajstić information content (AvgIpc) is 3.32. The summed E-state index contributed by atoms with van der Waals surface area (Å²) in [7, 11) is 0. The maximum Gasteiger partial charge on any atom is 0.246 e. The summed E-state index contributed by atoms with van der Waals surface area (Å²) in [6.07, 6.45) is 5.45. The molecule has 0 aliphatic carbocycles. The van der Waals surface area contributed by atoms with Crippen LogP contribution in [0.1, 0.15) is 41.3 Å². The summed E-state index contributed by atoms with van der Waals surface area (Å²) < 4.78 is 1.96. The fourth-order valence-corrected chi connectivity index (χ4v) is 3.92. The molecule has 0 saturated carbocycles. The Morgan fingerprint density at radius 2 is 1.59 bits per heavy atom. The highest BCUT2D eigenvalue weighted by Crippen LogP contribution is 2.23. The van der Waals surface area contributed by atoms with Crippen molar-refractivity contribution in [2.75, 3.05) is 5.32 Å². The van der Waals surface area contributed by atoms with Crippen LogP contribution in [-0.4, -0.2) is 15.5 Å². The lowest BCUT2D eigenvalue weighted by Gasteiger charge is -2.24. The fraction of sp³-hybridized carbons (Fsp3) is 0.185. The van der Waals surface area contributed by atoms with Gasteiger partial charge in [0.05, 0.1) is 6.33 Å². The summed E-state index contributed by atoms with van der Waals surface area (Å²) in [4.78, 5) is 17.4. The Morgan fingerprint density at radius 1 is 0.906 bits per heavy atom. The smallest absolute Gasteiger partial charge is 0.246 e. The van der Waals surface area contributed by atoms with Crippen LogP contribution in [0.25, 0.3) is 5.69 Å². The van der Waals surface area contributed by atoms with Gasteiger partial charge < -0.3 is 9.88 Å². The quantitative estimate of drug-likeness (QED) is 0.411. The number of carbonyl (C=O) groups is 1. The summed E-state index contributed by atoms with van der Waals surface area (Å²) >= 11 is 0. The van der Waals surface area contributed by atoms with E-state index in [0.29, 0.717) is 0 Å². The normalized spacial score (nSPS) is 12.8. The van der Waals surface area contributed by atoms with Crippen LogP contribution in [-0.2, 0) is 4.79 Å². The number of nitrogens with zero attached hydrogens (tertiary/aromatic N) is 2. The van der Waals surface area contributed by atoms with Crippen molar-refractivity contribution in [1.82, 2.24) is 14.9 Å². The molecule has 162 valence electrons. The van der Waals surface area contributed by atoms with E-state index in [-0.39, 0.29) is 11.9 Å². The van der Waals surface area contributed by atoms with Gasteiger partial charge in [0, 0.05) is 29.8 Å². The van der Waals surface area contributed by atoms with Crippen molar-refractivity contribution in [2.24, 2.45) is 0 Å². The van der Waals surface area contributed by atoms with Crippen LogP contribution in [0.15, 0.2) is 91.5 Å². The maximum atomic E-state index is 13.3. The van der Waals surface area contributed by atoms with Gasteiger partial charge in [-0.25, -0.2) is 4.98 Å². The number of nitrogens with one attached hydrogen (secondary N) is 2. The topological polar surface area (TPSA) is 59.0 Å². The van der Waals surface area contributed by atoms with Crippen molar-refractivity contribution >= 4 is 11.6 Å². The van der Waals surface area contributed by atoms with E-state index >= 15 is 0 Å². The summed E-state index contributed by atoms with van der Waals surface area (Å²) in [6.45, 7) is 6.14. The zero-order valence-electron chi connectivity index (χ0n) is 18.6. The Bertz CT molecular complexity index is 1150. The SMILES string of the molecule is Cc1cc(C)cc(NC(=O)[C@H](N[C@@H](C)c2ccc(-n3ccnc3)cc2)c2ccccc2)c1. The Balaban J connectivity index is 1.54. The van der Waals surface area contributed by atoms with Crippen LogP contribution in [0.5, 0.6) is 0 Å².